The topological polar surface area (TPSA) is 56.0 Å². The van der Waals surface area contributed by atoms with Gasteiger partial charge in [0, 0.05) is 8.96 Å². The van der Waals surface area contributed by atoms with Crippen LogP contribution in [0.2, 0.25) is 5.02 Å². The second-order valence-corrected chi connectivity index (χ2v) is 4.82. The van der Waals surface area contributed by atoms with E-state index in [-0.39, 0.29) is 10.7 Å². The fraction of sp³-hybridized carbons (Fsp3) is 0.100. The van der Waals surface area contributed by atoms with Gasteiger partial charge >= 0.3 is 5.69 Å². The molecule has 6 heteroatoms. The van der Waals surface area contributed by atoms with E-state index >= 15 is 0 Å². The van der Waals surface area contributed by atoms with E-state index < -0.39 is 4.92 Å². The number of rotatable bonds is 1. The van der Waals surface area contributed by atoms with Crippen LogP contribution in [0, 0.1) is 20.6 Å². The molecule has 0 spiro atoms. The summed E-state index contributed by atoms with van der Waals surface area (Å²) < 4.78 is 1.06. The number of halogens is 2. The van der Waals surface area contributed by atoms with Crippen molar-refractivity contribution >= 4 is 50.8 Å². The predicted molar refractivity (Wildman–Crippen MR) is 70.9 cm³/mol. The number of nitro groups is 1. The van der Waals surface area contributed by atoms with Gasteiger partial charge in [-0.15, -0.1) is 0 Å². The Kier molecular flexibility index (Phi) is 2.98. The van der Waals surface area contributed by atoms with Gasteiger partial charge < -0.3 is 0 Å². The van der Waals surface area contributed by atoms with E-state index in [1.165, 1.54) is 6.20 Å². The molecule has 1 heterocycles. The normalized spacial score (nSPS) is 10.7. The molecule has 0 radical (unpaired) electrons. The SMILES string of the molecule is Cc1c(I)ccc2c(Cl)c([N+](=O)[O-])cnc12. The maximum absolute atomic E-state index is 10.7. The zero-order valence-corrected chi connectivity index (χ0v) is 11.1. The molecule has 16 heavy (non-hydrogen) atoms. The standard InChI is InChI=1S/C10H6ClIN2O2/c1-5-7(12)3-2-6-9(11)8(14(15)16)4-13-10(5)6/h2-4H,1H3. The van der Waals surface area contributed by atoms with Gasteiger partial charge in [-0.05, 0) is 47.2 Å². The predicted octanol–water partition coefficient (Wildman–Crippen LogP) is 3.71. The van der Waals surface area contributed by atoms with Gasteiger partial charge in [0.2, 0.25) is 0 Å². The van der Waals surface area contributed by atoms with Gasteiger partial charge in [0.15, 0.2) is 0 Å². The molecule has 0 aliphatic rings. The van der Waals surface area contributed by atoms with Gasteiger partial charge in [0.05, 0.1) is 10.4 Å². The summed E-state index contributed by atoms with van der Waals surface area (Å²) in [7, 11) is 0. The van der Waals surface area contributed by atoms with Crippen LogP contribution < -0.4 is 0 Å². The Hall–Kier alpha value is -0.950. The Morgan fingerprint density at radius 1 is 1.50 bits per heavy atom. The summed E-state index contributed by atoms with van der Waals surface area (Å²) >= 11 is 8.17. The molecule has 0 saturated carbocycles. The fourth-order valence-corrected chi connectivity index (χ4v) is 2.17. The third-order valence-electron chi connectivity index (χ3n) is 2.34. The molecule has 0 atom stereocenters. The average Bonchev–Trinajstić information content (AvgIpc) is 2.23. The van der Waals surface area contributed by atoms with Gasteiger partial charge in [0.25, 0.3) is 0 Å². The van der Waals surface area contributed by atoms with Crippen LogP contribution in [-0.4, -0.2) is 9.91 Å². The van der Waals surface area contributed by atoms with Crippen molar-refractivity contribution in [1.29, 1.82) is 0 Å². The van der Waals surface area contributed by atoms with Crippen LogP contribution in [0.25, 0.3) is 10.9 Å². The summed E-state index contributed by atoms with van der Waals surface area (Å²) in [6.45, 7) is 1.92. The minimum absolute atomic E-state index is 0.148. The zero-order valence-electron chi connectivity index (χ0n) is 8.20. The lowest BCUT2D eigenvalue weighted by Gasteiger charge is -2.05. The van der Waals surface area contributed by atoms with E-state index in [9.17, 15) is 10.1 Å². The van der Waals surface area contributed by atoms with E-state index in [0.29, 0.717) is 10.9 Å². The maximum Gasteiger partial charge on any atom is 0.306 e. The molecule has 0 fully saturated rings. The van der Waals surface area contributed by atoms with Crippen LogP contribution in [0.15, 0.2) is 18.3 Å². The lowest BCUT2D eigenvalue weighted by molar-refractivity contribution is -0.384. The molecule has 82 valence electrons. The van der Waals surface area contributed by atoms with Gasteiger partial charge in [-0.1, -0.05) is 11.6 Å². The fourth-order valence-electron chi connectivity index (χ4n) is 1.47. The van der Waals surface area contributed by atoms with Gasteiger partial charge in [-0.2, -0.15) is 0 Å². The number of hydrogen-bond acceptors (Lipinski definition) is 3. The number of pyridine rings is 1. The Balaban J connectivity index is 2.87. The third-order valence-corrected chi connectivity index (χ3v) is 3.90. The maximum atomic E-state index is 10.7. The number of hydrogen-bond donors (Lipinski definition) is 0. The first kappa shape index (κ1) is 11.5. The molecule has 0 aliphatic carbocycles. The van der Waals surface area contributed by atoms with Crippen molar-refractivity contribution in [1.82, 2.24) is 4.98 Å². The average molecular weight is 349 g/mol. The molecule has 0 bridgehead atoms. The first-order chi connectivity index (χ1) is 7.52. The minimum Gasteiger partial charge on any atom is -0.258 e. The first-order valence-corrected chi connectivity index (χ1v) is 5.85. The van der Waals surface area contributed by atoms with Crippen molar-refractivity contribution in [2.75, 3.05) is 0 Å². The third kappa shape index (κ3) is 1.73. The lowest BCUT2D eigenvalue weighted by Crippen LogP contribution is -1.94. The van der Waals surface area contributed by atoms with E-state index in [2.05, 4.69) is 27.6 Å². The Morgan fingerprint density at radius 2 is 2.19 bits per heavy atom. The highest BCUT2D eigenvalue weighted by molar-refractivity contribution is 14.1. The second-order valence-electron chi connectivity index (χ2n) is 3.28. The summed E-state index contributed by atoms with van der Waals surface area (Å²) in [6.07, 6.45) is 1.20. The number of nitrogens with zero attached hydrogens (tertiary/aromatic N) is 2. The molecule has 0 unspecified atom stereocenters. The Bertz CT molecular complexity index is 601. The first-order valence-electron chi connectivity index (χ1n) is 4.40. The Labute approximate surface area is 110 Å². The number of aryl methyl sites for hydroxylation is 1. The highest BCUT2D eigenvalue weighted by Crippen LogP contribution is 2.33. The molecule has 2 aromatic rings. The van der Waals surface area contributed by atoms with Crippen LogP contribution in [0.4, 0.5) is 5.69 Å². The molecule has 0 aliphatic heterocycles. The summed E-state index contributed by atoms with van der Waals surface area (Å²) in [6, 6.07) is 3.63. The number of benzene rings is 1. The number of fused-ring (bicyclic) bond motifs is 1. The smallest absolute Gasteiger partial charge is 0.258 e. The van der Waals surface area contributed by atoms with Crippen LogP contribution in [0.1, 0.15) is 5.56 Å². The molecule has 0 amide bonds. The molecular weight excluding hydrogens is 342 g/mol. The largest absolute Gasteiger partial charge is 0.306 e. The summed E-state index contributed by atoms with van der Waals surface area (Å²) in [5.41, 5.74) is 1.53. The van der Waals surface area contributed by atoms with Gasteiger partial charge in [-0.25, -0.2) is 4.98 Å². The molecule has 1 aromatic carbocycles. The van der Waals surface area contributed by atoms with Crippen molar-refractivity contribution in [2.24, 2.45) is 0 Å². The van der Waals surface area contributed by atoms with E-state index in [4.69, 9.17) is 11.6 Å². The summed E-state index contributed by atoms with van der Waals surface area (Å²) in [5.74, 6) is 0. The van der Waals surface area contributed by atoms with Crippen LogP contribution in [0.3, 0.4) is 0 Å². The lowest BCUT2D eigenvalue weighted by atomic mass is 10.1. The quantitative estimate of drug-likeness (QED) is 0.448. The molecule has 2 rings (SSSR count). The van der Waals surface area contributed by atoms with E-state index in [0.717, 1.165) is 9.13 Å². The van der Waals surface area contributed by atoms with Gasteiger partial charge in [0.1, 0.15) is 11.2 Å². The monoisotopic (exact) mass is 348 g/mol. The Morgan fingerprint density at radius 3 is 2.81 bits per heavy atom. The van der Waals surface area contributed by atoms with Crippen molar-refractivity contribution in [3.05, 3.63) is 42.6 Å². The second kappa shape index (κ2) is 4.14. The number of aromatic nitrogens is 1. The highest BCUT2D eigenvalue weighted by atomic mass is 127. The summed E-state index contributed by atoms with van der Waals surface area (Å²) in [5, 5.41) is 11.5. The van der Waals surface area contributed by atoms with Crippen molar-refractivity contribution < 1.29 is 4.92 Å². The van der Waals surface area contributed by atoms with Crippen LogP contribution in [0.5, 0.6) is 0 Å². The van der Waals surface area contributed by atoms with Crippen molar-refractivity contribution in [3.8, 4) is 0 Å². The van der Waals surface area contributed by atoms with E-state index in [1.54, 1.807) is 6.07 Å². The molecule has 0 saturated heterocycles. The van der Waals surface area contributed by atoms with Crippen LogP contribution in [-0.2, 0) is 0 Å². The molecule has 4 nitrogen and oxygen atoms in total. The van der Waals surface area contributed by atoms with Crippen molar-refractivity contribution in [2.45, 2.75) is 6.92 Å². The minimum atomic E-state index is -0.526. The molecule has 0 N–H and O–H groups in total. The molecule has 1 aromatic heterocycles. The highest BCUT2D eigenvalue weighted by Gasteiger charge is 2.17. The van der Waals surface area contributed by atoms with Crippen molar-refractivity contribution in [3.63, 3.8) is 0 Å². The summed E-state index contributed by atoms with van der Waals surface area (Å²) in [4.78, 5) is 14.3. The molecular formula is C10H6ClIN2O2. The van der Waals surface area contributed by atoms with Gasteiger partial charge in [-0.3, -0.25) is 10.1 Å². The van der Waals surface area contributed by atoms with E-state index in [1.807, 2.05) is 13.0 Å². The van der Waals surface area contributed by atoms with Crippen LogP contribution >= 0.6 is 34.2 Å². The zero-order chi connectivity index (χ0) is 11.9.